The van der Waals surface area contributed by atoms with E-state index in [0.717, 1.165) is 5.76 Å². The Morgan fingerprint density at radius 1 is 1.43 bits per heavy atom. The molecule has 0 bridgehead atoms. The van der Waals surface area contributed by atoms with Crippen LogP contribution >= 0.6 is 0 Å². The van der Waals surface area contributed by atoms with Gasteiger partial charge in [-0.3, -0.25) is 19.5 Å². The first-order valence-corrected chi connectivity index (χ1v) is 7.44. The summed E-state index contributed by atoms with van der Waals surface area (Å²) in [5.74, 6) is 2.94. The number of carbonyl (C=O) groups is 1. The van der Waals surface area contributed by atoms with Gasteiger partial charge in [-0.15, -0.1) is 10.2 Å². The van der Waals surface area contributed by atoms with Gasteiger partial charge in [0.25, 0.3) is 5.91 Å². The second kappa shape index (κ2) is 5.35. The molecule has 1 fully saturated rings. The third-order valence-corrected chi connectivity index (χ3v) is 3.97. The standard InChI is InChI=1S/C16H15N5O2/c1-10-8-12(10)13-4-2-11(23-13)3-5-15(22)18-16-20-19-14-9-17-6-7-21(14)16/h2-7,9-10,12H,8H2,1H3,(H,18,20,22)/b5-3+. The monoisotopic (exact) mass is 309 g/mol. The van der Waals surface area contributed by atoms with Crippen LogP contribution in [-0.4, -0.2) is 25.5 Å². The van der Waals surface area contributed by atoms with Crippen LogP contribution in [0.4, 0.5) is 5.95 Å². The number of aromatic nitrogens is 4. The summed E-state index contributed by atoms with van der Waals surface area (Å²) < 4.78 is 7.38. The lowest BCUT2D eigenvalue weighted by Gasteiger charge is -1.98. The van der Waals surface area contributed by atoms with E-state index in [0.29, 0.717) is 29.2 Å². The molecule has 0 aromatic carbocycles. The predicted molar refractivity (Wildman–Crippen MR) is 83.7 cm³/mol. The summed E-state index contributed by atoms with van der Waals surface area (Å²) in [5, 5.41) is 10.5. The Labute approximate surface area is 132 Å². The molecule has 1 N–H and O–H groups in total. The van der Waals surface area contributed by atoms with Crippen LogP contribution in [0.25, 0.3) is 11.7 Å². The highest BCUT2D eigenvalue weighted by Crippen LogP contribution is 2.47. The Bertz CT molecular complexity index is 895. The Balaban J connectivity index is 1.44. The van der Waals surface area contributed by atoms with Crippen LogP contribution in [0.3, 0.4) is 0 Å². The van der Waals surface area contributed by atoms with Crippen LogP contribution in [0.5, 0.6) is 0 Å². The van der Waals surface area contributed by atoms with Gasteiger partial charge in [-0.1, -0.05) is 6.92 Å². The number of amides is 1. The summed E-state index contributed by atoms with van der Waals surface area (Å²) in [6.45, 7) is 2.20. The zero-order valence-corrected chi connectivity index (χ0v) is 12.5. The topological polar surface area (TPSA) is 85.3 Å². The molecule has 1 aliphatic rings. The van der Waals surface area contributed by atoms with Crippen molar-refractivity contribution in [3.63, 3.8) is 0 Å². The van der Waals surface area contributed by atoms with Crippen molar-refractivity contribution in [3.8, 4) is 0 Å². The zero-order valence-electron chi connectivity index (χ0n) is 12.5. The molecular weight excluding hydrogens is 294 g/mol. The summed E-state index contributed by atoms with van der Waals surface area (Å²) in [4.78, 5) is 15.9. The van der Waals surface area contributed by atoms with E-state index in [2.05, 4.69) is 27.4 Å². The first-order valence-electron chi connectivity index (χ1n) is 7.44. The molecule has 2 unspecified atom stereocenters. The third-order valence-electron chi connectivity index (χ3n) is 3.97. The van der Waals surface area contributed by atoms with E-state index in [1.54, 1.807) is 29.1 Å². The van der Waals surface area contributed by atoms with Crippen molar-refractivity contribution in [1.82, 2.24) is 19.6 Å². The van der Waals surface area contributed by atoms with Crippen LogP contribution < -0.4 is 5.32 Å². The van der Waals surface area contributed by atoms with Gasteiger partial charge in [0.15, 0.2) is 5.65 Å². The molecule has 3 aromatic rings. The molecule has 2 atom stereocenters. The van der Waals surface area contributed by atoms with Gasteiger partial charge in [0.05, 0.1) is 6.20 Å². The smallest absolute Gasteiger partial charge is 0.250 e. The Hall–Kier alpha value is -2.96. The fourth-order valence-electron chi connectivity index (χ4n) is 2.52. The average Bonchev–Trinajstić information content (AvgIpc) is 2.98. The maximum atomic E-state index is 12.0. The van der Waals surface area contributed by atoms with Crippen molar-refractivity contribution in [2.75, 3.05) is 5.32 Å². The van der Waals surface area contributed by atoms with Crippen LogP contribution in [0.15, 0.2) is 41.2 Å². The average molecular weight is 309 g/mol. The van der Waals surface area contributed by atoms with E-state index in [4.69, 9.17) is 4.42 Å². The van der Waals surface area contributed by atoms with E-state index >= 15 is 0 Å². The molecule has 1 saturated carbocycles. The summed E-state index contributed by atoms with van der Waals surface area (Å²) in [7, 11) is 0. The molecule has 3 heterocycles. The first-order chi connectivity index (χ1) is 11.2. The fourth-order valence-corrected chi connectivity index (χ4v) is 2.52. The van der Waals surface area contributed by atoms with Crippen LogP contribution in [0.1, 0.15) is 30.8 Å². The van der Waals surface area contributed by atoms with Crippen molar-refractivity contribution in [2.24, 2.45) is 5.92 Å². The van der Waals surface area contributed by atoms with Crippen molar-refractivity contribution < 1.29 is 9.21 Å². The summed E-state index contributed by atoms with van der Waals surface area (Å²) in [6, 6.07) is 3.85. The number of hydrogen-bond acceptors (Lipinski definition) is 5. The van der Waals surface area contributed by atoms with Crippen LogP contribution in [0, 0.1) is 5.92 Å². The molecule has 1 aliphatic carbocycles. The van der Waals surface area contributed by atoms with Gasteiger partial charge in [0.1, 0.15) is 11.5 Å². The second-order valence-electron chi connectivity index (χ2n) is 5.71. The van der Waals surface area contributed by atoms with Gasteiger partial charge in [-0.25, -0.2) is 0 Å². The van der Waals surface area contributed by atoms with E-state index in [1.807, 2.05) is 12.1 Å². The van der Waals surface area contributed by atoms with Gasteiger partial charge in [-0.05, 0) is 30.5 Å². The molecular formula is C16H15N5O2. The molecule has 23 heavy (non-hydrogen) atoms. The number of rotatable bonds is 4. The maximum absolute atomic E-state index is 12.0. The predicted octanol–water partition coefficient (Wildman–Crippen LogP) is 2.49. The molecule has 0 saturated heterocycles. The molecule has 1 amide bonds. The summed E-state index contributed by atoms with van der Waals surface area (Å²) in [6.07, 6.45) is 9.10. The molecule has 3 aromatic heterocycles. The minimum atomic E-state index is -0.297. The number of carbonyl (C=O) groups excluding carboxylic acids is 1. The van der Waals surface area contributed by atoms with Crippen LogP contribution in [0.2, 0.25) is 0 Å². The second-order valence-corrected chi connectivity index (χ2v) is 5.71. The lowest BCUT2D eigenvalue weighted by Crippen LogP contribution is -2.10. The largest absolute Gasteiger partial charge is 0.461 e. The molecule has 7 heteroatoms. The number of nitrogens with zero attached hydrogens (tertiary/aromatic N) is 4. The van der Waals surface area contributed by atoms with Gasteiger partial charge < -0.3 is 4.42 Å². The van der Waals surface area contributed by atoms with Gasteiger partial charge in [-0.2, -0.15) is 0 Å². The number of anilines is 1. The lowest BCUT2D eigenvalue weighted by atomic mass is 10.3. The van der Waals surface area contributed by atoms with Crippen LogP contribution in [-0.2, 0) is 4.79 Å². The highest BCUT2D eigenvalue weighted by Gasteiger charge is 2.36. The Morgan fingerprint density at radius 2 is 2.30 bits per heavy atom. The minimum Gasteiger partial charge on any atom is -0.461 e. The normalized spacial score (nSPS) is 20.2. The summed E-state index contributed by atoms with van der Waals surface area (Å²) in [5.41, 5.74) is 0.570. The SMILES string of the molecule is CC1CC1c1ccc(/C=C/C(=O)Nc2nnc3cnccn23)o1. The molecule has 0 aliphatic heterocycles. The van der Waals surface area contributed by atoms with E-state index in [-0.39, 0.29) is 5.91 Å². The van der Waals surface area contributed by atoms with Crippen molar-refractivity contribution >= 4 is 23.6 Å². The van der Waals surface area contributed by atoms with Gasteiger partial charge >= 0.3 is 0 Å². The summed E-state index contributed by atoms with van der Waals surface area (Å²) >= 11 is 0. The van der Waals surface area contributed by atoms with Crippen molar-refractivity contribution in [1.29, 1.82) is 0 Å². The highest BCUT2D eigenvalue weighted by molar-refractivity contribution is 6.00. The minimum absolute atomic E-state index is 0.297. The Morgan fingerprint density at radius 3 is 3.13 bits per heavy atom. The first kappa shape index (κ1) is 13.7. The molecule has 116 valence electrons. The maximum Gasteiger partial charge on any atom is 0.250 e. The lowest BCUT2D eigenvalue weighted by molar-refractivity contribution is -0.111. The molecule has 4 rings (SSSR count). The fraction of sp³-hybridized carbons (Fsp3) is 0.250. The molecule has 7 nitrogen and oxygen atoms in total. The third kappa shape index (κ3) is 2.73. The molecule has 0 spiro atoms. The number of nitrogens with one attached hydrogen (secondary N) is 1. The van der Waals surface area contributed by atoms with Crippen molar-refractivity contribution in [3.05, 3.63) is 48.3 Å². The number of fused-ring (bicyclic) bond motifs is 1. The van der Waals surface area contributed by atoms with E-state index < -0.39 is 0 Å². The van der Waals surface area contributed by atoms with E-state index in [9.17, 15) is 4.79 Å². The highest BCUT2D eigenvalue weighted by atomic mass is 16.3. The van der Waals surface area contributed by atoms with Crippen molar-refractivity contribution in [2.45, 2.75) is 19.3 Å². The van der Waals surface area contributed by atoms with Gasteiger partial charge in [0.2, 0.25) is 5.95 Å². The zero-order chi connectivity index (χ0) is 15.8. The van der Waals surface area contributed by atoms with Gasteiger partial charge in [0, 0.05) is 24.4 Å². The number of hydrogen-bond donors (Lipinski definition) is 1. The molecule has 0 radical (unpaired) electrons. The quantitative estimate of drug-likeness (QED) is 0.748. The van der Waals surface area contributed by atoms with E-state index in [1.165, 1.54) is 12.5 Å². The Kier molecular flexibility index (Phi) is 3.18. The number of furan rings is 1.